The zero-order chi connectivity index (χ0) is 12.6. The van der Waals surface area contributed by atoms with E-state index < -0.39 is 5.60 Å². The van der Waals surface area contributed by atoms with Gasteiger partial charge in [-0.15, -0.1) is 0 Å². The Morgan fingerprint density at radius 2 is 2.12 bits per heavy atom. The highest BCUT2D eigenvalue weighted by molar-refractivity contribution is 5.79. The van der Waals surface area contributed by atoms with Crippen LogP contribution in [0.5, 0.6) is 0 Å². The number of anilines is 1. The van der Waals surface area contributed by atoms with E-state index >= 15 is 0 Å². The lowest BCUT2D eigenvalue weighted by Gasteiger charge is -2.19. The van der Waals surface area contributed by atoms with Crippen LogP contribution in [0.2, 0.25) is 0 Å². The minimum atomic E-state index is -0.864. The molecule has 92 valence electrons. The third-order valence-corrected chi connectivity index (χ3v) is 2.57. The standard InChI is InChI=1S/C12H17N3O2/c1-12(2,17)7-15-10-5-8(6-16)3-4-9(10)14-11(15)13/h3-5,16-17H,6-7H2,1-2H3,(H2,13,14). The van der Waals surface area contributed by atoms with E-state index in [2.05, 4.69) is 4.98 Å². The SMILES string of the molecule is CC(C)(O)Cn1c(N)nc2ccc(CO)cc21. The highest BCUT2D eigenvalue weighted by Crippen LogP contribution is 2.21. The molecule has 2 aromatic rings. The topological polar surface area (TPSA) is 84.3 Å². The molecule has 0 unspecified atom stereocenters. The second-order valence-corrected chi connectivity index (χ2v) is 4.85. The van der Waals surface area contributed by atoms with Crippen LogP contribution in [0.25, 0.3) is 11.0 Å². The fraction of sp³-hybridized carbons (Fsp3) is 0.417. The van der Waals surface area contributed by atoms with Crippen LogP contribution in [0, 0.1) is 0 Å². The molecule has 0 radical (unpaired) electrons. The molecule has 1 aromatic carbocycles. The van der Waals surface area contributed by atoms with Gasteiger partial charge < -0.3 is 20.5 Å². The normalized spacial score (nSPS) is 12.2. The van der Waals surface area contributed by atoms with Gasteiger partial charge in [-0.2, -0.15) is 0 Å². The van der Waals surface area contributed by atoms with Crippen LogP contribution in [-0.4, -0.2) is 25.4 Å². The first kappa shape index (κ1) is 11.9. The van der Waals surface area contributed by atoms with Crippen LogP contribution < -0.4 is 5.73 Å². The van der Waals surface area contributed by atoms with Gasteiger partial charge >= 0.3 is 0 Å². The van der Waals surface area contributed by atoms with Crippen molar-refractivity contribution in [1.82, 2.24) is 9.55 Å². The number of nitrogens with zero attached hydrogens (tertiary/aromatic N) is 2. The van der Waals surface area contributed by atoms with Crippen LogP contribution in [0.15, 0.2) is 18.2 Å². The number of aliphatic hydroxyl groups is 2. The number of hydrogen-bond acceptors (Lipinski definition) is 4. The molecule has 5 nitrogen and oxygen atoms in total. The Labute approximate surface area is 99.5 Å². The lowest BCUT2D eigenvalue weighted by molar-refractivity contribution is 0.0633. The van der Waals surface area contributed by atoms with Crippen molar-refractivity contribution in [2.45, 2.75) is 32.6 Å². The van der Waals surface area contributed by atoms with E-state index in [0.29, 0.717) is 12.5 Å². The van der Waals surface area contributed by atoms with Gasteiger partial charge in [-0.3, -0.25) is 0 Å². The van der Waals surface area contributed by atoms with Gasteiger partial charge in [-0.1, -0.05) is 6.07 Å². The summed E-state index contributed by atoms with van der Waals surface area (Å²) in [7, 11) is 0. The zero-order valence-electron chi connectivity index (χ0n) is 10.0. The molecule has 1 aromatic heterocycles. The average molecular weight is 235 g/mol. The maximum absolute atomic E-state index is 9.85. The van der Waals surface area contributed by atoms with Crippen LogP contribution in [0.1, 0.15) is 19.4 Å². The molecular weight excluding hydrogens is 218 g/mol. The number of benzene rings is 1. The molecule has 1 heterocycles. The van der Waals surface area contributed by atoms with Crippen molar-refractivity contribution in [2.75, 3.05) is 5.73 Å². The molecular formula is C12H17N3O2. The first-order valence-electron chi connectivity index (χ1n) is 5.48. The molecule has 0 fully saturated rings. The monoisotopic (exact) mass is 235 g/mol. The van der Waals surface area contributed by atoms with Gasteiger partial charge in [-0.25, -0.2) is 4.98 Å². The second kappa shape index (κ2) is 4.01. The summed E-state index contributed by atoms with van der Waals surface area (Å²) in [6.45, 7) is 3.77. The summed E-state index contributed by atoms with van der Waals surface area (Å²) < 4.78 is 1.76. The summed E-state index contributed by atoms with van der Waals surface area (Å²) in [6, 6.07) is 5.46. The van der Waals surface area contributed by atoms with Crippen LogP contribution in [0.3, 0.4) is 0 Å². The van der Waals surface area contributed by atoms with Crippen molar-refractivity contribution in [1.29, 1.82) is 0 Å². The van der Waals surface area contributed by atoms with Gasteiger partial charge in [0.1, 0.15) is 0 Å². The van der Waals surface area contributed by atoms with Crippen molar-refractivity contribution in [3.8, 4) is 0 Å². The van der Waals surface area contributed by atoms with Crippen molar-refractivity contribution < 1.29 is 10.2 Å². The summed E-state index contributed by atoms with van der Waals surface area (Å²) in [5.74, 6) is 0.372. The van der Waals surface area contributed by atoms with E-state index in [1.165, 1.54) is 0 Å². The van der Waals surface area contributed by atoms with E-state index in [1.54, 1.807) is 18.4 Å². The molecule has 0 bridgehead atoms. The second-order valence-electron chi connectivity index (χ2n) is 4.85. The summed E-state index contributed by atoms with van der Waals surface area (Å²) in [4.78, 5) is 4.22. The van der Waals surface area contributed by atoms with Gasteiger partial charge in [0.25, 0.3) is 0 Å². The molecule has 17 heavy (non-hydrogen) atoms. The summed E-state index contributed by atoms with van der Waals surface area (Å²) in [6.07, 6.45) is 0. The van der Waals surface area contributed by atoms with Crippen molar-refractivity contribution in [3.05, 3.63) is 23.8 Å². The average Bonchev–Trinajstić information content (AvgIpc) is 2.53. The molecule has 0 aliphatic rings. The van der Waals surface area contributed by atoms with Crippen molar-refractivity contribution in [2.24, 2.45) is 0 Å². The minimum Gasteiger partial charge on any atom is -0.392 e. The van der Waals surface area contributed by atoms with Crippen LogP contribution in [-0.2, 0) is 13.2 Å². The van der Waals surface area contributed by atoms with Gasteiger partial charge in [0, 0.05) is 0 Å². The fourth-order valence-corrected chi connectivity index (χ4v) is 1.84. The first-order valence-corrected chi connectivity index (χ1v) is 5.48. The molecule has 0 atom stereocenters. The Bertz CT molecular complexity index is 540. The Morgan fingerprint density at radius 3 is 2.71 bits per heavy atom. The number of nitrogen functional groups attached to an aromatic ring is 1. The number of nitrogens with two attached hydrogens (primary N) is 1. The molecule has 2 rings (SSSR count). The quantitative estimate of drug-likeness (QED) is 0.737. The van der Waals surface area contributed by atoms with Gasteiger partial charge in [0.05, 0.1) is 29.8 Å². The summed E-state index contributed by atoms with van der Waals surface area (Å²) in [5.41, 5.74) is 7.36. The van der Waals surface area contributed by atoms with Crippen molar-refractivity contribution >= 4 is 17.0 Å². The van der Waals surface area contributed by atoms with E-state index in [0.717, 1.165) is 16.6 Å². The fourth-order valence-electron chi connectivity index (χ4n) is 1.84. The summed E-state index contributed by atoms with van der Waals surface area (Å²) in [5, 5.41) is 19.0. The van der Waals surface area contributed by atoms with Crippen LogP contribution in [0.4, 0.5) is 5.95 Å². The van der Waals surface area contributed by atoms with Gasteiger partial charge in [0.15, 0.2) is 0 Å². The van der Waals surface area contributed by atoms with E-state index in [4.69, 9.17) is 10.8 Å². The number of rotatable bonds is 3. The molecule has 0 saturated carbocycles. The van der Waals surface area contributed by atoms with Gasteiger partial charge in [-0.05, 0) is 31.5 Å². The highest BCUT2D eigenvalue weighted by Gasteiger charge is 2.17. The number of aliphatic hydroxyl groups excluding tert-OH is 1. The Balaban J connectivity index is 2.56. The smallest absolute Gasteiger partial charge is 0.201 e. The third-order valence-electron chi connectivity index (χ3n) is 2.57. The molecule has 4 N–H and O–H groups in total. The third kappa shape index (κ3) is 2.40. The zero-order valence-corrected chi connectivity index (χ0v) is 10.0. The largest absolute Gasteiger partial charge is 0.392 e. The number of imidazole rings is 1. The number of hydrogen-bond donors (Lipinski definition) is 3. The molecule has 0 saturated heterocycles. The summed E-state index contributed by atoms with van der Waals surface area (Å²) >= 11 is 0. The predicted molar refractivity (Wildman–Crippen MR) is 66.4 cm³/mol. The predicted octanol–water partition coefficient (Wildman–Crippen LogP) is 0.882. The molecule has 5 heteroatoms. The van der Waals surface area contributed by atoms with Crippen molar-refractivity contribution in [3.63, 3.8) is 0 Å². The molecule has 0 amide bonds. The number of fused-ring (bicyclic) bond motifs is 1. The molecule has 0 spiro atoms. The van der Waals surface area contributed by atoms with E-state index in [9.17, 15) is 5.11 Å². The highest BCUT2D eigenvalue weighted by atomic mass is 16.3. The van der Waals surface area contributed by atoms with E-state index in [1.807, 2.05) is 18.2 Å². The number of aromatic nitrogens is 2. The lowest BCUT2D eigenvalue weighted by Crippen LogP contribution is -2.26. The minimum absolute atomic E-state index is 0.0243. The maximum Gasteiger partial charge on any atom is 0.201 e. The Morgan fingerprint density at radius 1 is 1.41 bits per heavy atom. The van der Waals surface area contributed by atoms with Gasteiger partial charge in [0.2, 0.25) is 5.95 Å². The van der Waals surface area contributed by atoms with Crippen LogP contribution >= 0.6 is 0 Å². The Hall–Kier alpha value is -1.59. The lowest BCUT2D eigenvalue weighted by atomic mass is 10.1. The maximum atomic E-state index is 9.85. The molecule has 0 aliphatic heterocycles. The Kier molecular flexibility index (Phi) is 2.81. The molecule has 0 aliphatic carbocycles. The first-order chi connectivity index (χ1) is 7.90. The van der Waals surface area contributed by atoms with E-state index in [-0.39, 0.29) is 6.61 Å².